The predicted octanol–water partition coefficient (Wildman–Crippen LogP) is 2.46. The number of hydrogen-bond acceptors (Lipinski definition) is 4. The van der Waals surface area contributed by atoms with Crippen LogP contribution in [0.2, 0.25) is 25.7 Å². The number of rotatable bonds is 5. The largest absolute Gasteiger partial charge is 0.361 e. The third-order valence-corrected chi connectivity index (χ3v) is 4.99. The summed E-state index contributed by atoms with van der Waals surface area (Å²) in [5, 5.41) is 2.88. The van der Waals surface area contributed by atoms with Crippen LogP contribution in [-0.4, -0.2) is 38.8 Å². The number of pyridine rings is 1. The molecule has 0 radical (unpaired) electrons. The molecule has 1 aromatic heterocycles. The Kier molecular flexibility index (Phi) is 4.44. The molecule has 1 N–H and O–H groups in total. The lowest BCUT2D eigenvalue weighted by Crippen LogP contribution is -2.40. The molecule has 0 aromatic carbocycles. The van der Waals surface area contributed by atoms with Gasteiger partial charge in [-0.1, -0.05) is 19.6 Å². The number of nitrogens with zero attached hydrogens (tertiary/aromatic N) is 2. The zero-order valence-corrected chi connectivity index (χ0v) is 13.7. The summed E-state index contributed by atoms with van der Waals surface area (Å²) in [6.07, 6.45) is 1.76. The molecular weight excluding hydrogens is 270 g/mol. The molecule has 5 nitrogen and oxygen atoms in total. The number of nitrogens with one attached hydrogen (secondary N) is 1. The number of carbonyl (C=O) groups is 1. The van der Waals surface area contributed by atoms with Gasteiger partial charge in [-0.2, -0.15) is 0 Å². The first-order valence-electron chi connectivity index (χ1n) is 6.95. The fraction of sp³-hybridized carbons (Fsp3) is 0.571. The number of amides is 1. The molecular formula is C14H23N3O2Si. The van der Waals surface area contributed by atoms with Gasteiger partial charge in [0.2, 0.25) is 5.91 Å². The van der Waals surface area contributed by atoms with E-state index in [9.17, 15) is 4.79 Å². The fourth-order valence-electron chi connectivity index (χ4n) is 2.03. The predicted molar refractivity (Wildman–Crippen MR) is 83.9 cm³/mol. The minimum atomic E-state index is -1.08. The number of ether oxygens (including phenoxy) is 1. The van der Waals surface area contributed by atoms with Crippen molar-refractivity contribution in [2.75, 3.05) is 30.1 Å². The first-order chi connectivity index (χ1) is 9.37. The minimum Gasteiger partial charge on any atom is -0.361 e. The average molecular weight is 293 g/mol. The third-order valence-electron chi connectivity index (χ3n) is 3.28. The molecule has 110 valence electrons. The van der Waals surface area contributed by atoms with Crippen LogP contribution in [0.5, 0.6) is 0 Å². The van der Waals surface area contributed by atoms with E-state index in [1.54, 1.807) is 6.20 Å². The maximum atomic E-state index is 11.8. The average Bonchev–Trinajstić information content (AvgIpc) is 2.34. The lowest BCUT2D eigenvalue weighted by molar-refractivity contribution is -0.115. The SMILES string of the molecule is Cc1ccnc2c1NC(=O)CN2COCC[Si](C)(C)C. The van der Waals surface area contributed by atoms with Crippen molar-refractivity contribution in [3.05, 3.63) is 17.8 Å². The lowest BCUT2D eigenvalue weighted by Gasteiger charge is -2.30. The topological polar surface area (TPSA) is 54.5 Å². The molecule has 1 aromatic rings. The summed E-state index contributed by atoms with van der Waals surface area (Å²) in [7, 11) is -1.08. The summed E-state index contributed by atoms with van der Waals surface area (Å²) in [5.41, 5.74) is 1.83. The first-order valence-corrected chi connectivity index (χ1v) is 10.7. The van der Waals surface area contributed by atoms with Crippen LogP contribution in [0.15, 0.2) is 12.3 Å². The molecule has 0 atom stereocenters. The van der Waals surface area contributed by atoms with Crippen molar-refractivity contribution in [1.29, 1.82) is 0 Å². The van der Waals surface area contributed by atoms with E-state index in [-0.39, 0.29) is 5.91 Å². The van der Waals surface area contributed by atoms with Crippen LogP contribution < -0.4 is 10.2 Å². The molecule has 0 saturated carbocycles. The summed E-state index contributed by atoms with van der Waals surface area (Å²) in [6.45, 7) is 10.4. The Bertz CT molecular complexity index is 500. The molecule has 1 aliphatic rings. The first kappa shape index (κ1) is 15.0. The Morgan fingerprint density at radius 1 is 1.45 bits per heavy atom. The van der Waals surface area contributed by atoms with E-state index in [1.807, 2.05) is 17.9 Å². The van der Waals surface area contributed by atoms with Crippen molar-refractivity contribution in [3.63, 3.8) is 0 Å². The molecule has 0 saturated heterocycles. The van der Waals surface area contributed by atoms with Crippen molar-refractivity contribution in [2.45, 2.75) is 32.6 Å². The van der Waals surface area contributed by atoms with E-state index in [4.69, 9.17) is 4.74 Å². The maximum Gasteiger partial charge on any atom is 0.244 e. The lowest BCUT2D eigenvalue weighted by atomic mass is 10.2. The van der Waals surface area contributed by atoms with Crippen LogP contribution >= 0.6 is 0 Å². The summed E-state index contributed by atoms with van der Waals surface area (Å²) in [5.74, 6) is 0.792. The van der Waals surface area contributed by atoms with E-state index in [0.29, 0.717) is 13.3 Å². The Morgan fingerprint density at radius 3 is 2.90 bits per heavy atom. The highest BCUT2D eigenvalue weighted by Crippen LogP contribution is 2.29. The Balaban J connectivity index is 1.99. The zero-order chi connectivity index (χ0) is 14.8. The Morgan fingerprint density at radius 2 is 2.20 bits per heavy atom. The molecule has 20 heavy (non-hydrogen) atoms. The van der Waals surface area contributed by atoms with Gasteiger partial charge in [0.15, 0.2) is 5.82 Å². The van der Waals surface area contributed by atoms with Gasteiger partial charge in [0, 0.05) is 20.9 Å². The Labute approximate surface area is 121 Å². The number of anilines is 2. The number of hydrogen-bond donors (Lipinski definition) is 1. The summed E-state index contributed by atoms with van der Waals surface area (Å²) < 4.78 is 5.73. The molecule has 0 fully saturated rings. The zero-order valence-electron chi connectivity index (χ0n) is 12.7. The highest BCUT2D eigenvalue weighted by atomic mass is 28.3. The second-order valence-electron chi connectivity index (χ2n) is 6.42. The molecule has 0 unspecified atom stereocenters. The van der Waals surface area contributed by atoms with Gasteiger partial charge >= 0.3 is 0 Å². The van der Waals surface area contributed by atoms with Crippen LogP contribution in [0, 0.1) is 6.92 Å². The number of aryl methyl sites for hydroxylation is 1. The second-order valence-corrected chi connectivity index (χ2v) is 12.0. The molecule has 2 rings (SSSR count). The number of aromatic nitrogens is 1. The van der Waals surface area contributed by atoms with Crippen LogP contribution in [0.4, 0.5) is 11.5 Å². The quantitative estimate of drug-likeness (QED) is 0.669. The Hall–Kier alpha value is -1.40. The maximum absolute atomic E-state index is 11.8. The monoisotopic (exact) mass is 293 g/mol. The van der Waals surface area contributed by atoms with Crippen LogP contribution in [-0.2, 0) is 9.53 Å². The van der Waals surface area contributed by atoms with Crippen LogP contribution in [0.25, 0.3) is 0 Å². The third kappa shape index (κ3) is 3.80. The van der Waals surface area contributed by atoms with Crippen LogP contribution in [0.1, 0.15) is 5.56 Å². The molecule has 2 heterocycles. The molecule has 1 aliphatic heterocycles. The summed E-state index contributed by atoms with van der Waals surface area (Å²) in [4.78, 5) is 18.0. The summed E-state index contributed by atoms with van der Waals surface area (Å²) >= 11 is 0. The minimum absolute atomic E-state index is 0.0117. The highest BCUT2D eigenvalue weighted by Gasteiger charge is 2.24. The van der Waals surface area contributed by atoms with Gasteiger partial charge in [-0.05, 0) is 24.6 Å². The van der Waals surface area contributed by atoms with Gasteiger partial charge in [0.25, 0.3) is 0 Å². The van der Waals surface area contributed by atoms with Crippen LogP contribution in [0.3, 0.4) is 0 Å². The molecule has 0 aliphatic carbocycles. The van der Waals surface area contributed by atoms with Crippen molar-refractivity contribution in [1.82, 2.24) is 4.98 Å². The van der Waals surface area contributed by atoms with Gasteiger partial charge < -0.3 is 15.0 Å². The van der Waals surface area contributed by atoms with Crippen molar-refractivity contribution >= 4 is 25.5 Å². The second kappa shape index (κ2) is 5.93. The van der Waals surface area contributed by atoms with Gasteiger partial charge in [0.05, 0.1) is 5.69 Å². The molecule has 6 heteroatoms. The molecule has 0 bridgehead atoms. The number of fused-ring (bicyclic) bond motifs is 1. The van der Waals surface area contributed by atoms with E-state index in [1.165, 1.54) is 0 Å². The van der Waals surface area contributed by atoms with E-state index in [2.05, 4.69) is 29.9 Å². The van der Waals surface area contributed by atoms with Crippen molar-refractivity contribution in [3.8, 4) is 0 Å². The highest BCUT2D eigenvalue weighted by molar-refractivity contribution is 6.76. The van der Waals surface area contributed by atoms with E-state index >= 15 is 0 Å². The van der Waals surface area contributed by atoms with E-state index < -0.39 is 8.07 Å². The normalized spacial score (nSPS) is 15.0. The number of carbonyl (C=O) groups excluding carboxylic acids is 1. The summed E-state index contributed by atoms with van der Waals surface area (Å²) in [6, 6.07) is 3.02. The van der Waals surface area contributed by atoms with Gasteiger partial charge in [0.1, 0.15) is 13.3 Å². The van der Waals surface area contributed by atoms with Gasteiger partial charge in [-0.15, -0.1) is 0 Å². The standard InChI is InChI=1S/C14H23N3O2Si/c1-11-5-6-15-14-13(11)16-12(18)9-17(14)10-19-7-8-20(2,3)4/h5-6H,7-10H2,1-4H3,(H,16,18). The molecule has 1 amide bonds. The van der Waals surface area contributed by atoms with Crippen molar-refractivity contribution in [2.24, 2.45) is 0 Å². The van der Waals surface area contributed by atoms with E-state index in [0.717, 1.165) is 29.7 Å². The van der Waals surface area contributed by atoms with Crippen molar-refractivity contribution < 1.29 is 9.53 Å². The van der Waals surface area contributed by atoms with Gasteiger partial charge in [-0.25, -0.2) is 4.98 Å². The smallest absolute Gasteiger partial charge is 0.244 e. The fourth-order valence-corrected chi connectivity index (χ4v) is 2.78. The molecule has 0 spiro atoms. The van der Waals surface area contributed by atoms with Gasteiger partial charge in [-0.3, -0.25) is 4.79 Å².